The first-order valence-corrected chi connectivity index (χ1v) is 7.55. The Bertz CT molecular complexity index is 409. The van der Waals surface area contributed by atoms with Gasteiger partial charge in [0.15, 0.2) is 0 Å². The van der Waals surface area contributed by atoms with Gasteiger partial charge in [-0.1, -0.05) is 6.92 Å². The zero-order valence-electron chi connectivity index (χ0n) is 11.3. The van der Waals surface area contributed by atoms with Crippen molar-refractivity contribution in [2.45, 2.75) is 13.8 Å². The summed E-state index contributed by atoms with van der Waals surface area (Å²) in [5.41, 5.74) is 0. The molecular weight excluding hydrogens is 274 g/mol. The SMILES string of the molecule is CCN(CC(C)C(=O)O)C(=O)NCCS(=O)(=O)NC. The molecule has 0 aliphatic rings. The van der Waals surface area contributed by atoms with Gasteiger partial charge >= 0.3 is 12.0 Å². The summed E-state index contributed by atoms with van der Waals surface area (Å²) in [6.07, 6.45) is 0. The van der Waals surface area contributed by atoms with Crippen LogP contribution in [0, 0.1) is 5.92 Å². The molecule has 0 fully saturated rings. The monoisotopic (exact) mass is 295 g/mol. The van der Waals surface area contributed by atoms with E-state index in [0.29, 0.717) is 6.54 Å². The molecule has 9 heteroatoms. The van der Waals surface area contributed by atoms with Crippen molar-refractivity contribution >= 4 is 22.0 Å². The van der Waals surface area contributed by atoms with Crippen LogP contribution in [-0.4, -0.2) is 62.9 Å². The number of sulfonamides is 1. The first-order valence-electron chi connectivity index (χ1n) is 5.90. The number of carbonyl (C=O) groups is 2. The van der Waals surface area contributed by atoms with Crippen molar-refractivity contribution < 1.29 is 23.1 Å². The summed E-state index contributed by atoms with van der Waals surface area (Å²) >= 11 is 0. The lowest BCUT2D eigenvalue weighted by molar-refractivity contribution is -0.141. The first kappa shape index (κ1) is 17.6. The lowest BCUT2D eigenvalue weighted by Gasteiger charge is -2.23. The molecule has 8 nitrogen and oxygen atoms in total. The van der Waals surface area contributed by atoms with Crippen LogP contribution in [0.15, 0.2) is 0 Å². The van der Waals surface area contributed by atoms with E-state index in [1.165, 1.54) is 18.9 Å². The van der Waals surface area contributed by atoms with Crippen LogP contribution in [0.4, 0.5) is 4.79 Å². The van der Waals surface area contributed by atoms with Crippen molar-refractivity contribution in [3.63, 3.8) is 0 Å². The Hall–Kier alpha value is -1.35. The maximum Gasteiger partial charge on any atom is 0.317 e. The Morgan fingerprint density at radius 1 is 1.37 bits per heavy atom. The molecule has 19 heavy (non-hydrogen) atoms. The topological polar surface area (TPSA) is 116 Å². The number of hydrogen-bond acceptors (Lipinski definition) is 4. The predicted molar refractivity (Wildman–Crippen MR) is 70.3 cm³/mol. The highest BCUT2D eigenvalue weighted by Crippen LogP contribution is 2.00. The van der Waals surface area contributed by atoms with Crippen LogP contribution < -0.4 is 10.0 Å². The quantitative estimate of drug-likeness (QED) is 0.547. The molecule has 0 heterocycles. The van der Waals surface area contributed by atoms with Gasteiger partial charge in [0.05, 0.1) is 11.7 Å². The van der Waals surface area contributed by atoms with E-state index >= 15 is 0 Å². The molecule has 0 aromatic carbocycles. The molecule has 1 unspecified atom stereocenters. The number of rotatable bonds is 8. The van der Waals surface area contributed by atoms with Crippen LogP contribution in [0.5, 0.6) is 0 Å². The van der Waals surface area contributed by atoms with Crippen LogP contribution in [0.2, 0.25) is 0 Å². The van der Waals surface area contributed by atoms with Crippen molar-refractivity contribution in [1.29, 1.82) is 0 Å². The second-order valence-corrected chi connectivity index (χ2v) is 6.08. The Kier molecular flexibility index (Phi) is 7.38. The molecule has 0 aromatic rings. The van der Waals surface area contributed by atoms with Crippen molar-refractivity contribution in [2.24, 2.45) is 5.92 Å². The molecule has 0 saturated carbocycles. The minimum absolute atomic E-state index is 0.0278. The van der Waals surface area contributed by atoms with Crippen LogP contribution in [0.1, 0.15) is 13.8 Å². The Morgan fingerprint density at radius 3 is 2.37 bits per heavy atom. The number of aliphatic carboxylic acids is 1. The van der Waals surface area contributed by atoms with E-state index in [2.05, 4.69) is 10.0 Å². The largest absolute Gasteiger partial charge is 0.481 e. The molecule has 2 amide bonds. The van der Waals surface area contributed by atoms with Crippen LogP contribution >= 0.6 is 0 Å². The summed E-state index contributed by atoms with van der Waals surface area (Å²) in [6.45, 7) is 3.63. The predicted octanol–water partition coefficient (Wildman–Crippen LogP) is -0.712. The molecule has 0 aliphatic heterocycles. The zero-order valence-corrected chi connectivity index (χ0v) is 12.2. The molecule has 0 saturated heterocycles. The molecule has 0 bridgehead atoms. The van der Waals surface area contributed by atoms with Crippen molar-refractivity contribution in [3.05, 3.63) is 0 Å². The number of nitrogens with one attached hydrogen (secondary N) is 2. The Labute approximate surface area is 113 Å². The summed E-state index contributed by atoms with van der Waals surface area (Å²) in [5, 5.41) is 11.2. The number of carbonyl (C=O) groups excluding carboxylic acids is 1. The van der Waals surface area contributed by atoms with Crippen molar-refractivity contribution in [2.75, 3.05) is 32.4 Å². The summed E-state index contributed by atoms with van der Waals surface area (Å²) in [7, 11) is -2.07. The highest BCUT2D eigenvalue weighted by molar-refractivity contribution is 7.89. The molecule has 1 atom stereocenters. The van der Waals surface area contributed by atoms with Gasteiger partial charge in [-0.05, 0) is 14.0 Å². The van der Waals surface area contributed by atoms with E-state index in [0.717, 1.165) is 0 Å². The minimum Gasteiger partial charge on any atom is -0.481 e. The molecule has 3 N–H and O–H groups in total. The van der Waals surface area contributed by atoms with Gasteiger partial charge in [-0.25, -0.2) is 17.9 Å². The Balaban J connectivity index is 4.26. The Morgan fingerprint density at radius 2 is 1.95 bits per heavy atom. The maximum atomic E-state index is 11.7. The second-order valence-electron chi connectivity index (χ2n) is 4.03. The summed E-state index contributed by atoms with van der Waals surface area (Å²) in [5.74, 6) is -1.88. The van der Waals surface area contributed by atoms with Gasteiger partial charge in [-0.3, -0.25) is 4.79 Å². The number of carboxylic acid groups (broad SMARTS) is 1. The number of carboxylic acids is 1. The number of amides is 2. The molecule has 0 rings (SSSR count). The molecule has 0 aromatic heterocycles. The smallest absolute Gasteiger partial charge is 0.317 e. The van der Waals surface area contributed by atoms with Gasteiger partial charge in [-0.15, -0.1) is 0 Å². The van der Waals surface area contributed by atoms with Crippen molar-refractivity contribution in [3.8, 4) is 0 Å². The van der Waals surface area contributed by atoms with E-state index in [1.807, 2.05) is 0 Å². The highest BCUT2D eigenvalue weighted by atomic mass is 32.2. The normalized spacial score (nSPS) is 12.8. The first-order chi connectivity index (χ1) is 8.73. The van der Waals surface area contributed by atoms with Gasteiger partial charge in [0.2, 0.25) is 10.0 Å². The molecular formula is C10H21N3O5S. The van der Waals surface area contributed by atoms with E-state index < -0.39 is 27.9 Å². The van der Waals surface area contributed by atoms with E-state index in [-0.39, 0.29) is 18.8 Å². The molecule has 112 valence electrons. The number of hydrogen-bond donors (Lipinski definition) is 3. The third-order valence-electron chi connectivity index (χ3n) is 2.54. The fraction of sp³-hybridized carbons (Fsp3) is 0.800. The van der Waals surface area contributed by atoms with Gasteiger partial charge in [0.1, 0.15) is 0 Å². The summed E-state index contributed by atoms with van der Waals surface area (Å²) in [6, 6.07) is -0.470. The second kappa shape index (κ2) is 7.95. The minimum atomic E-state index is -3.36. The van der Waals surface area contributed by atoms with Gasteiger partial charge in [0, 0.05) is 19.6 Å². The van der Waals surface area contributed by atoms with E-state index in [4.69, 9.17) is 5.11 Å². The number of urea groups is 1. The van der Waals surface area contributed by atoms with Crippen LogP contribution in [0.25, 0.3) is 0 Å². The van der Waals surface area contributed by atoms with Gasteiger partial charge in [0.25, 0.3) is 0 Å². The van der Waals surface area contributed by atoms with Crippen molar-refractivity contribution in [1.82, 2.24) is 14.9 Å². The average molecular weight is 295 g/mol. The van der Waals surface area contributed by atoms with Gasteiger partial charge < -0.3 is 15.3 Å². The molecule has 0 aliphatic carbocycles. The number of nitrogens with zero attached hydrogens (tertiary/aromatic N) is 1. The third-order valence-corrected chi connectivity index (χ3v) is 3.91. The zero-order chi connectivity index (χ0) is 15.1. The summed E-state index contributed by atoms with van der Waals surface area (Å²) in [4.78, 5) is 23.7. The molecule has 0 spiro atoms. The summed E-state index contributed by atoms with van der Waals surface area (Å²) < 4.78 is 24.4. The lowest BCUT2D eigenvalue weighted by atomic mass is 10.2. The van der Waals surface area contributed by atoms with Crippen LogP contribution in [0.3, 0.4) is 0 Å². The van der Waals surface area contributed by atoms with Crippen LogP contribution in [-0.2, 0) is 14.8 Å². The lowest BCUT2D eigenvalue weighted by Crippen LogP contribution is -2.44. The maximum absolute atomic E-state index is 11.7. The third kappa shape index (κ3) is 6.97. The molecule has 0 radical (unpaired) electrons. The van der Waals surface area contributed by atoms with E-state index in [1.54, 1.807) is 6.92 Å². The highest BCUT2D eigenvalue weighted by Gasteiger charge is 2.19. The fourth-order valence-electron chi connectivity index (χ4n) is 1.27. The standard InChI is InChI=1S/C10H21N3O5S/c1-4-13(7-8(2)9(14)15)10(16)12-5-6-19(17,18)11-3/h8,11H,4-7H2,1-3H3,(H,12,16)(H,14,15). The fourth-order valence-corrected chi connectivity index (χ4v) is 1.85. The van der Waals surface area contributed by atoms with Gasteiger partial charge in [-0.2, -0.15) is 0 Å². The van der Waals surface area contributed by atoms with E-state index in [9.17, 15) is 18.0 Å². The average Bonchev–Trinajstić information content (AvgIpc) is 2.34.